The van der Waals surface area contributed by atoms with Gasteiger partial charge in [0, 0.05) is 10.6 Å². The predicted octanol–water partition coefficient (Wildman–Crippen LogP) is 3.43. The standard InChI is InChI=1S/C20H16ClN3O3S/c1-3-27-15-7-5-4-6-12(15)10-17-19(25)24-20(28-17)22-18(23-24)14-11-13(21)8-9-16(14)26-2/h4-11H,3H2,1-2H3/b17-10-. The van der Waals surface area contributed by atoms with E-state index in [2.05, 4.69) is 10.1 Å². The Labute approximate surface area is 169 Å². The maximum absolute atomic E-state index is 12.8. The summed E-state index contributed by atoms with van der Waals surface area (Å²) >= 11 is 7.36. The van der Waals surface area contributed by atoms with Crippen molar-refractivity contribution in [1.82, 2.24) is 14.6 Å². The lowest BCUT2D eigenvalue weighted by atomic mass is 10.2. The summed E-state index contributed by atoms with van der Waals surface area (Å²) in [5, 5.41) is 4.91. The van der Waals surface area contributed by atoms with Gasteiger partial charge in [-0.15, -0.1) is 5.10 Å². The molecule has 0 aliphatic rings. The molecule has 8 heteroatoms. The summed E-state index contributed by atoms with van der Waals surface area (Å²) < 4.78 is 12.8. The lowest BCUT2D eigenvalue weighted by Crippen LogP contribution is -2.23. The molecule has 0 saturated carbocycles. The first kappa shape index (κ1) is 18.5. The van der Waals surface area contributed by atoms with Crippen LogP contribution in [0.2, 0.25) is 5.02 Å². The Hall–Kier alpha value is -2.90. The Morgan fingerprint density at radius 3 is 2.79 bits per heavy atom. The molecule has 28 heavy (non-hydrogen) atoms. The Bertz CT molecular complexity index is 1270. The van der Waals surface area contributed by atoms with Crippen molar-refractivity contribution in [1.29, 1.82) is 0 Å². The molecular weight excluding hydrogens is 398 g/mol. The summed E-state index contributed by atoms with van der Waals surface area (Å²) in [5.74, 6) is 1.71. The summed E-state index contributed by atoms with van der Waals surface area (Å²) in [5.41, 5.74) is 1.24. The lowest BCUT2D eigenvalue weighted by Gasteiger charge is -2.05. The van der Waals surface area contributed by atoms with E-state index in [1.165, 1.54) is 15.9 Å². The fourth-order valence-corrected chi connectivity index (χ4v) is 3.90. The average Bonchev–Trinajstić information content (AvgIpc) is 3.23. The van der Waals surface area contributed by atoms with E-state index < -0.39 is 0 Å². The SMILES string of the molecule is CCOc1ccccc1/C=c1\sc2nc(-c3cc(Cl)ccc3OC)nn2c1=O. The highest BCUT2D eigenvalue weighted by molar-refractivity contribution is 7.15. The fraction of sp³-hybridized carbons (Fsp3) is 0.150. The average molecular weight is 414 g/mol. The molecule has 6 nitrogen and oxygen atoms in total. The van der Waals surface area contributed by atoms with Crippen LogP contribution < -0.4 is 19.6 Å². The van der Waals surface area contributed by atoms with Gasteiger partial charge in [-0.1, -0.05) is 41.1 Å². The van der Waals surface area contributed by atoms with Crippen LogP contribution in [-0.4, -0.2) is 28.3 Å². The van der Waals surface area contributed by atoms with Crippen LogP contribution in [-0.2, 0) is 0 Å². The zero-order valence-corrected chi connectivity index (χ0v) is 16.8. The fourth-order valence-electron chi connectivity index (χ4n) is 2.83. The van der Waals surface area contributed by atoms with Crippen molar-refractivity contribution in [3.8, 4) is 22.9 Å². The topological polar surface area (TPSA) is 65.7 Å². The van der Waals surface area contributed by atoms with E-state index in [1.807, 2.05) is 31.2 Å². The number of aromatic nitrogens is 3. The molecular formula is C20H16ClN3O3S. The van der Waals surface area contributed by atoms with E-state index in [0.717, 1.165) is 11.3 Å². The highest BCUT2D eigenvalue weighted by atomic mass is 35.5. The van der Waals surface area contributed by atoms with Gasteiger partial charge in [-0.2, -0.15) is 9.50 Å². The monoisotopic (exact) mass is 413 g/mol. The minimum atomic E-state index is -0.231. The number of methoxy groups -OCH3 is 1. The van der Waals surface area contributed by atoms with Crippen LogP contribution in [0.5, 0.6) is 11.5 Å². The molecule has 0 fully saturated rings. The van der Waals surface area contributed by atoms with Gasteiger partial charge < -0.3 is 9.47 Å². The number of fused-ring (bicyclic) bond motifs is 1. The van der Waals surface area contributed by atoms with Crippen molar-refractivity contribution < 1.29 is 9.47 Å². The number of thiazole rings is 1. The maximum atomic E-state index is 12.8. The predicted molar refractivity (Wildman–Crippen MR) is 111 cm³/mol. The van der Waals surface area contributed by atoms with Crippen LogP contribution in [0.4, 0.5) is 0 Å². The Morgan fingerprint density at radius 1 is 1.21 bits per heavy atom. The first-order valence-corrected chi connectivity index (χ1v) is 9.77. The van der Waals surface area contributed by atoms with Gasteiger partial charge >= 0.3 is 0 Å². The first-order valence-electron chi connectivity index (χ1n) is 8.57. The molecule has 0 aliphatic carbocycles. The van der Waals surface area contributed by atoms with Gasteiger partial charge in [0.05, 0.1) is 23.8 Å². The minimum Gasteiger partial charge on any atom is -0.496 e. The number of halogens is 1. The van der Waals surface area contributed by atoms with E-state index in [1.54, 1.807) is 31.4 Å². The smallest absolute Gasteiger partial charge is 0.291 e. The van der Waals surface area contributed by atoms with Crippen molar-refractivity contribution in [2.24, 2.45) is 0 Å². The highest BCUT2D eigenvalue weighted by Crippen LogP contribution is 2.30. The quantitative estimate of drug-likeness (QED) is 0.501. The lowest BCUT2D eigenvalue weighted by molar-refractivity contribution is 0.339. The third kappa shape index (κ3) is 3.34. The number of rotatable bonds is 5. The molecule has 4 aromatic rings. The molecule has 2 aromatic heterocycles. The molecule has 0 radical (unpaired) electrons. The van der Waals surface area contributed by atoms with Gasteiger partial charge in [0.15, 0.2) is 5.82 Å². The molecule has 142 valence electrons. The van der Waals surface area contributed by atoms with Crippen molar-refractivity contribution in [3.63, 3.8) is 0 Å². The maximum Gasteiger partial charge on any atom is 0.291 e. The second-order valence-corrected chi connectivity index (χ2v) is 7.31. The molecule has 0 saturated heterocycles. The Balaban J connectivity index is 1.82. The molecule has 0 amide bonds. The summed E-state index contributed by atoms with van der Waals surface area (Å²) in [6.45, 7) is 2.47. The Kier molecular flexibility index (Phi) is 5.02. The number of ether oxygens (including phenoxy) is 2. The van der Waals surface area contributed by atoms with Gasteiger partial charge in [0.1, 0.15) is 11.5 Å². The molecule has 0 aliphatic heterocycles. The second kappa shape index (κ2) is 7.61. The number of nitrogens with zero attached hydrogens (tertiary/aromatic N) is 3. The summed E-state index contributed by atoms with van der Waals surface area (Å²) in [4.78, 5) is 17.8. The van der Waals surface area contributed by atoms with Crippen molar-refractivity contribution >= 4 is 34.0 Å². The number of hydrogen-bond acceptors (Lipinski definition) is 6. The zero-order valence-electron chi connectivity index (χ0n) is 15.2. The van der Waals surface area contributed by atoms with Crippen LogP contribution in [0.3, 0.4) is 0 Å². The summed E-state index contributed by atoms with van der Waals surface area (Å²) in [6, 6.07) is 12.8. The van der Waals surface area contributed by atoms with E-state index >= 15 is 0 Å². The van der Waals surface area contributed by atoms with Crippen LogP contribution in [0.1, 0.15) is 12.5 Å². The van der Waals surface area contributed by atoms with Crippen LogP contribution >= 0.6 is 22.9 Å². The van der Waals surface area contributed by atoms with E-state index in [4.69, 9.17) is 21.1 Å². The first-order chi connectivity index (χ1) is 13.6. The van der Waals surface area contributed by atoms with E-state index in [9.17, 15) is 4.79 Å². The minimum absolute atomic E-state index is 0.231. The summed E-state index contributed by atoms with van der Waals surface area (Å²) in [7, 11) is 1.56. The number of benzene rings is 2. The van der Waals surface area contributed by atoms with Crippen LogP contribution in [0, 0.1) is 0 Å². The molecule has 0 N–H and O–H groups in total. The Morgan fingerprint density at radius 2 is 2.04 bits per heavy atom. The van der Waals surface area contributed by atoms with Crippen molar-refractivity contribution in [2.75, 3.05) is 13.7 Å². The number of hydrogen-bond donors (Lipinski definition) is 0. The van der Waals surface area contributed by atoms with E-state index in [-0.39, 0.29) is 5.56 Å². The molecule has 4 rings (SSSR count). The van der Waals surface area contributed by atoms with Gasteiger partial charge in [0.2, 0.25) is 4.96 Å². The third-order valence-corrected chi connectivity index (χ3v) is 5.28. The van der Waals surface area contributed by atoms with Gasteiger partial charge in [0.25, 0.3) is 5.56 Å². The number of para-hydroxylation sites is 1. The van der Waals surface area contributed by atoms with Crippen LogP contribution in [0.25, 0.3) is 22.4 Å². The molecule has 2 heterocycles. The molecule has 0 atom stereocenters. The van der Waals surface area contributed by atoms with Gasteiger partial charge in [-0.05, 0) is 37.3 Å². The normalized spacial score (nSPS) is 11.9. The highest BCUT2D eigenvalue weighted by Gasteiger charge is 2.16. The van der Waals surface area contributed by atoms with Gasteiger partial charge in [-0.25, -0.2) is 0 Å². The summed E-state index contributed by atoms with van der Waals surface area (Å²) in [6.07, 6.45) is 1.80. The molecule has 0 unspecified atom stereocenters. The zero-order chi connectivity index (χ0) is 19.7. The van der Waals surface area contributed by atoms with Crippen molar-refractivity contribution in [3.05, 3.63) is 67.9 Å². The third-order valence-electron chi connectivity index (χ3n) is 4.09. The molecule has 0 bridgehead atoms. The van der Waals surface area contributed by atoms with E-state index in [0.29, 0.717) is 38.3 Å². The van der Waals surface area contributed by atoms with Crippen molar-refractivity contribution in [2.45, 2.75) is 6.92 Å². The van der Waals surface area contributed by atoms with Gasteiger partial charge in [-0.3, -0.25) is 4.79 Å². The second-order valence-electron chi connectivity index (χ2n) is 5.86. The molecule has 2 aromatic carbocycles. The largest absolute Gasteiger partial charge is 0.496 e. The van der Waals surface area contributed by atoms with Crippen LogP contribution in [0.15, 0.2) is 47.3 Å². The molecule has 0 spiro atoms.